The summed E-state index contributed by atoms with van der Waals surface area (Å²) in [4.78, 5) is 12.7. The van der Waals surface area contributed by atoms with Crippen LogP contribution in [0.5, 0.6) is 0 Å². The summed E-state index contributed by atoms with van der Waals surface area (Å²) in [5.74, 6) is 0.876. The van der Waals surface area contributed by atoms with Gasteiger partial charge in [-0.2, -0.15) is 0 Å². The minimum atomic E-state index is -0.211. The molecular weight excluding hydrogens is 378 g/mol. The molecular formula is C25H27NO2S. The SMILES string of the molecule is COC(=O)Cc1cccc(CNCc2ccc(SCCc3ccccc3)cc2)c1. The second-order valence-electron chi connectivity index (χ2n) is 6.90. The monoisotopic (exact) mass is 405 g/mol. The highest BCUT2D eigenvalue weighted by molar-refractivity contribution is 7.99. The molecule has 29 heavy (non-hydrogen) atoms. The van der Waals surface area contributed by atoms with Crippen LogP contribution >= 0.6 is 11.8 Å². The first-order chi connectivity index (χ1) is 14.2. The molecule has 0 aliphatic carbocycles. The van der Waals surface area contributed by atoms with Crippen LogP contribution in [0.2, 0.25) is 0 Å². The Labute approximate surface area is 177 Å². The van der Waals surface area contributed by atoms with Gasteiger partial charge in [-0.05, 0) is 40.8 Å². The zero-order chi connectivity index (χ0) is 20.3. The molecule has 3 aromatic rings. The van der Waals surface area contributed by atoms with Gasteiger partial charge in [0, 0.05) is 23.7 Å². The molecule has 3 aromatic carbocycles. The molecule has 150 valence electrons. The van der Waals surface area contributed by atoms with Crippen LogP contribution in [-0.4, -0.2) is 18.8 Å². The maximum Gasteiger partial charge on any atom is 0.309 e. The highest BCUT2D eigenvalue weighted by atomic mass is 32.2. The second-order valence-corrected chi connectivity index (χ2v) is 8.07. The van der Waals surface area contributed by atoms with Crippen LogP contribution in [-0.2, 0) is 35.5 Å². The van der Waals surface area contributed by atoms with E-state index in [2.05, 4.69) is 72.0 Å². The number of ether oxygens (including phenoxy) is 1. The third-order valence-electron chi connectivity index (χ3n) is 4.65. The van der Waals surface area contributed by atoms with Crippen molar-refractivity contribution in [2.75, 3.05) is 12.9 Å². The van der Waals surface area contributed by atoms with Crippen LogP contribution in [0, 0.1) is 0 Å². The number of hydrogen-bond donors (Lipinski definition) is 1. The number of carbonyl (C=O) groups excluding carboxylic acids is 1. The van der Waals surface area contributed by atoms with Crippen LogP contribution in [0.4, 0.5) is 0 Å². The average Bonchev–Trinajstić information content (AvgIpc) is 2.76. The molecule has 0 saturated carbocycles. The lowest BCUT2D eigenvalue weighted by atomic mass is 10.1. The first-order valence-corrected chi connectivity index (χ1v) is 10.8. The third-order valence-corrected chi connectivity index (χ3v) is 5.67. The van der Waals surface area contributed by atoms with Crippen molar-refractivity contribution < 1.29 is 9.53 Å². The molecule has 0 unspecified atom stereocenters. The highest BCUT2D eigenvalue weighted by Crippen LogP contribution is 2.20. The van der Waals surface area contributed by atoms with Crippen LogP contribution in [0.15, 0.2) is 83.8 Å². The maximum absolute atomic E-state index is 11.4. The van der Waals surface area contributed by atoms with E-state index in [1.165, 1.54) is 28.7 Å². The van der Waals surface area contributed by atoms with E-state index in [4.69, 9.17) is 4.74 Å². The summed E-state index contributed by atoms with van der Waals surface area (Å²) >= 11 is 1.89. The highest BCUT2D eigenvalue weighted by Gasteiger charge is 2.04. The summed E-state index contributed by atoms with van der Waals surface area (Å²) in [5.41, 5.74) is 4.80. The number of benzene rings is 3. The Kier molecular flexibility index (Phi) is 8.35. The van der Waals surface area contributed by atoms with E-state index in [1.54, 1.807) is 0 Å². The number of carbonyl (C=O) groups is 1. The molecule has 0 aliphatic heterocycles. The standard InChI is InChI=1S/C25H27NO2S/c1-28-25(27)17-22-8-5-9-23(16-22)19-26-18-21-10-12-24(13-11-21)29-15-14-20-6-3-2-4-7-20/h2-13,16,26H,14-15,17-19H2,1H3. The van der Waals surface area contributed by atoms with Gasteiger partial charge in [0.05, 0.1) is 13.5 Å². The lowest BCUT2D eigenvalue weighted by Crippen LogP contribution is -2.13. The Bertz CT molecular complexity index is 894. The van der Waals surface area contributed by atoms with Crippen molar-refractivity contribution in [3.63, 3.8) is 0 Å². The molecule has 0 amide bonds. The van der Waals surface area contributed by atoms with E-state index in [-0.39, 0.29) is 5.97 Å². The summed E-state index contributed by atoms with van der Waals surface area (Å²) in [6, 6.07) is 27.4. The van der Waals surface area contributed by atoms with Crippen LogP contribution < -0.4 is 5.32 Å². The number of thioether (sulfide) groups is 1. The van der Waals surface area contributed by atoms with Crippen LogP contribution in [0.1, 0.15) is 22.3 Å². The topological polar surface area (TPSA) is 38.3 Å². The predicted molar refractivity (Wildman–Crippen MR) is 120 cm³/mol. The van der Waals surface area contributed by atoms with Crippen molar-refractivity contribution in [3.05, 3.63) is 101 Å². The number of rotatable bonds is 10. The molecule has 0 atom stereocenters. The van der Waals surface area contributed by atoms with E-state index in [9.17, 15) is 4.79 Å². The zero-order valence-corrected chi connectivity index (χ0v) is 17.6. The largest absolute Gasteiger partial charge is 0.469 e. The molecule has 0 bridgehead atoms. The minimum Gasteiger partial charge on any atom is -0.469 e. The predicted octanol–water partition coefficient (Wildman–Crippen LogP) is 5.03. The van der Waals surface area contributed by atoms with E-state index in [1.807, 2.05) is 23.9 Å². The second kappa shape index (κ2) is 11.4. The Morgan fingerprint density at radius 3 is 2.28 bits per heavy atom. The number of hydrogen-bond acceptors (Lipinski definition) is 4. The van der Waals surface area contributed by atoms with E-state index >= 15 is 0 Å². The summed E-state index contributed by atoms with van der Waals surface area (Å²) in [6.07, 6.45) is 1.40. The fraction of sp³-hybridized carbons (Fsp3) is 0.240. The lowest BCUT2D eigenvalue weighted by molar-refractivity contribution is -0.139. The van der Waals surface area contributed by atoms with Crippen molar-refractivity contribution in [1.82, 2.24) is 5.32 Å². The van der Waals surface area contributed by atoms with Crippen molar-refractivity contribution in [3.8, 4) is 0 Å². The van der Waals surface area contributed by atoms with Crippen LogP contribution in [0.3, 0.4) is 0 Å². The smallest absolute Gasteiger partial charge is 0.309 e. The Morgan fingerprint density at radius 2 is 1.52 bits per heavy atom. The molecule has 0 radical (unpaired) electrons. The molecule has 4 heteroatoms. The Hall–Kier alpha value is -2.56. The molecule has 0 spiro atoms. The summed E-state index contributed by atoms with van der Waals surface area (Å²) in [6.45, 7) is 1.58. The molecule has 0 fully saturated rings. The number of nitrogens with one attached hydrogen (secondary N) is 1. The van der Waals surface area contributed by atoms with Crippen LogP contribution in [0.25, 0.3) is 0 Å². The van der Waals surface area contributed by atoms with Crippen molar-refractivity contribution in [2.24, 2.45) is 0 Å². The molecule has 0 aromatic heterocycles. The van der Waals surface area contributed by atoms with E-state index < -0.39 is 0 Å². The van der Waals surface area contributed by atoms with Crippen molar-refractivity contribution in [1.29, 1.82) is 0 Å². The molecule has 3 nitrogen and oxygen atoms in total. The quantitative estimate of drug-likeness (QED) is 0.379. The van der Waals surface area contributed by atoms with Gasteiger partial charge in [-0.15, -0.1) is 11.8 Å². The molecule has 0 heterocycles. The van der Waals surface area contributed by atoms with E-state index in [0.29, 0.717) is 6.42 Å². The van der Waals surface area contributed by atoms with Crippen molar-refractivity contribution >= 4 is 17.7 Å². The zero-order valence-electron chi connectivity index (χ0n) is 16.8. The molecule has 3 rings (SSSR count). The minimum absolute atomic E-state index is 0.211. The normalized spacial score (nSPS) is 10.7. The van der Waals surface area contributed by atoms with E-state index in [0.717, 1.165) is 30.8 Å². The Morgan fingerprint density at radius 1 is 0.828 bits per heavy atom. The van der Waals surface area contributed by atoms with Gasteiger partial charge in [0.25, 0.3) is 0 Å². The fourth-order valence-electron chi connectivity index (χ4n) is 3.07. The van der Waals surface area contributed by atoms with Gasteiger partial charge in [-0.25, -0.2) is 0 Å². The van der Waals surface area contributed by atoms with Gasteiger partial charge in [0.1, 0.15) is 0 Å². The molecule has 0 saturated heterocycles. The van der Waals surface area contributed by atoms with Crippen molar-refractivity contribution in [2.45, 2.75) is 30.8 Å². The number of methoxy groups -OCH3 is 1. The first kappa shape index (κ1) is 21.2. The van der Waals surface area contributed by atoms with Gasteiger partial charge in [-0.1, -0.05) is 66.7 Å². The lowest BCUT2D eigenvalue weighted by Gasteiger charge is -2.08. The maximum atomic E-state index is 11.4. The Balaban J connectivity index is 1.41. The summed E-state index contributed by atoms with van der Waals surface area (Å²) < 4.78 is 4.73. The van der Waals surface area contributed by atoms with Gasteiger partial charge >= 0.3 is 5.97 Å². The fourth-order valence-corrected chi connectivity index (χ4v) is 3.98. The first-order valence-electron chi connectivity index (χ1n) is 9.84. The summed E-state index contributed by atoms with van der Waals surface area (Å²) in [7, 11) is 1.42. The average molecular weight is 406 g/mol. The van der Waals surface area contributed by atoms with Gasteiger partial charge in [0.2, 0.25) is 0 Å². The number of aryl methyl sites for hydroxylation is 1. The van der Waals surface area contributed by atoms with Gasteiger partial charge in [0.15, 0.2) is 0 Å². The molecule has 1 N–H and O–H groups in total. The van der Waals surface area contributed by atoms with Gasteiger partial charge < -0.3 is 10.1 Å². The third kappa shape index (κ3) is 7.41. The molecule has 0 aliphatic rings. The van der Waals surface area contributed by atoms with Gasteiger partial charge in [-0.3, -0.25) is 4.79 Å². The number of esters is 1. The summed E-state index contributed by atoms with van der Waals surface area (Å²) in [5, 5.41) is 3.47.